The van der Waals surface area contributed by atoms with Gasteiger partial charge in [0.15, 0.2) is 0 Å². The molecule has 0 aromatic carbocycles. The Bertz CT molecular complexity index is 477. The first-order valence-electron chi connectivity index (χ1n) is 6.01. The molecule has 0 spiro atoms. The topological polar surface area (TPSA) is 38.1 Å². The summed E-state index contributed by atoms with van der Waals surface area (Å²) < 4.78 is 5.77. The Morgan fingerprint density at radius 1 is 1.29 bits per heavy atom. The van der Waals surface area contributed by atoms with Crippen molar-refractivity contribution < 1.29 is 4.42 Å². The van der Waals surface area contributed by atoms with E-state index in [1.54, 1.807) is 0 Å². The molecule has 2 heterocycles. The molecule has 3 heteroatoms. The van der Waals surface area contributed by atoms with Crippen LogP contribution in [0.25, 0.3) is 11.3 Å². The van der Waals surface area contributed by atoms with E-state index in [-0.39, 0.29) is 0 Å². The first-order valence-corrected chi connectivity index (χ1v) is 6.01. The molecular weight excluding hydrogens is 212 g/mol. The molecule has 0 amide bonds. The SMILES string of the molecule is CCCNCc1ccc(-c2cncc(C)c2)o1. The fourth-order valence-corrected chi connectivity index (χ4v) is 1.71. The van der Waals surface area contributed by atoms with Crippen LogP contribution in [-0.4, -0.2) is 11.5 Å². The average Bonchev–Trinajstić information content (AvgIpc) is 2.78. The first kappa shape index (κ1) is 11.9. The molecule has 0 saturated heterocycles. The van der Waals surface area contributed by atoms with Crippen LogP contribution >= 0.6 is 0 Å². The number of nitrogens with zero attached hydrogens (tertiary/aromatic N) is 1. The van der Waals surface area contributed by atoms with E-state index in [9.17, 15) is 0 Å². The fraction of sp³-hybridized carbons (Fsp3) is 0.357. The van der Waals surface area contributed by atoms with Gasteiger partial charge in [0.1, 0.15) is 11.5 Å². The lowest BCUT2D eigenvalue weighted by Crippen LogP contribution is -2.12. The Hall–Kier alpha value is -1.61. The number of rotatable bonds is 5. The third kappa shape index (κ3) is 3.17. The van der Waals surface area contributed by atoms with Crippen molar-refractivity contribution in [3.05, 3.63) is 41.9 Å². The molecule has 3 nitrogen and oxygen atoms in total. The van der Waals surface area contributed by atoms with E-state index in [0.717, 1.165) is 42.2 Å². The molecule has 90 valence electrons. The van der Waals surface area contributed by atoms with Gasteiger partial charge in [-0.3, -0.25) is 4.98 Å². The van der Waals surface area contributed by atoms with Crippen molar-refractivity contribution in [1.29, 1.82) is 0 Å². The number of aryl methyl sites for hydroxylation is 1. The number of hydrogen-bond acceptors (Lipinski definition) is 3. The predicted octanol–water partition coefficient (Wildman–Crippen LogP) is 3.15. The lowest BCUT2D eigenvalue weighted by molar-refractivity contribution is 0.493. The van der Waals surface area contributed by atoms with Crippen LogP contribution in [0.3, 0.4) is 0 Å². The van der Waals surface area contributed by atoms with Crippen molar-refractivity contribution in [2.75, 3.05) is 6.54 Å². The van der Waals surface area contributed by atoms with Crippen molar-refractivity contribution in [2.24, 2.45) is 0 Å². The van der Waals surface area contributed by atoms with Crippen LogP contribution in [0.5, 0.6) is 0 Å². The van der Waals surface area contributed by atoms with Gasteiger partial charge < -0.3 is 9.73 Å². The molecule has 0 saturated carbocycles. The van der Waals surface area contributed by atoms with E-state index in [2.05, 4.69) is 23.3 Å². The molecule has 0 aliphatic carbocycles. The standard InChI is InChI=1S/C14H18N2O/c1-3-6-15-10-13-4-5-14(17-13)12-7-11(2)8-16-9-12/h4-5,7-9,15H,3,6,10H2,1-2H3. The Balaban J connectivity index is 2.07. The number of hydrogen-bond donors (Lipinski definition) is 1. The average molecular weight is 230 g/mol. The largest absolute Gasteiger partial charge is 0.460 e. The highest BCUT2D eigenvalue weighted by Crippen LogP contribution is 2.21. The first-order chi connectivity index (χ1) is 8.29. The Morgan fingerprint density at radius 3 is 2.94 bits per heavy atom. The van der Waals surface area contributed by atoms with E-state index in [1.165, 1.54) is 0 Å². The summed E-state index contributed by atoms with van der Waals surface area (Å²) in [5.74, 6) is 1.85. The summed E-state index contributed by atoms with van der Waals surface area (Å²) in [6.45, 7) is 5.98. The highest BCUT2D eigenvalue weighted by molar-refractivity contribution is 5.56. The Kier molecular flexibility index (Phi) is 3.94. The third-order valence-electron chi connectivity index (χ3n) is 2.55. The molecule has 2 aromatic rings. The Morgan fingerprint density at radius 2 is 2.18 bits per heavy atom. The number of aromatic nitrogens is 1. The molecule has 0 bridgehead atoms. The van der Waals surface area contributed by atoms with Gasteiger partial charge in [-0.1, -0.05) is 6.92 Å². The van der Waals surface area contributed by atoms with E-state index < -0.39 is 0 Å². The minimum Gasteiger partial charge on any atom is -0.460 e. The molecule has 2 aromatic heterocycles. The van der Waals surface area contributed by atoms with Gasteiger partial charge in [0.25, 0.3) is 0 Å². The van der Waals surface area contributed by atoms with Gasteiger partial charge in [0, 0.05) is 18.0 Å². The molecule has 2 rings (SSSR count). The maximum absolute atomic E-state index is 5.77. The van der Waals surface area contributed by atoms with Crippen LogP contribution < -0.4 is 5.32 Å². The normalized spacial score (nSPS) is 10.7. The minimum absolute atomic E-state index is 0.785. The van der Waals surface area contributed by atoms with Crippen LogP contribution in [0.15, 0.2) is 35.0 Å². The van der Waals surface area contributed by atoms with Crippen LogP contribution in [0.2, 0.25) is 0 Å². The van der Waals surface area contributed by atoms with E-state index in [4.69, 9.17) is 4.42 Å². The molecule has 17 heavy (non-hydrogen) atoms. The molecule has 0 fully saturated rings. The zero-order valence-electron chi connectivity index (χ0n) is 10.4. The third-order valence-corrected chi connectivity index (χ3v) is 2.55. The maximum atomic E-state index is 5.77. The maximum Gasteiger partial charge on any atom is 0.135 e. The summed E-state index contributed by atoms with van der Waals surface area (Å²) in [4.78, 5) is 4.17. The molecule has 0 atom stereocenters. The van der Waals surface area contributed by atoms with Gasteiger partial charge in [-0.05, 0) is 43.7 Å². The van der Waals surface area contributed by atoms with Crippen molar-refractivity contribution in [3.63, 3.8) is 0 Å². The number of pyridine rings is 1. The number of furan rings is 1. The molecule has 0 aliphatic heterocycles. The van der Waals surface area contributed by atoms with Gasteiger partial charge in [-0.25, -0.2) is 0 Å². The summed E-state index contributed by atoms with van der Waals surface area (Å²) in [6, 6.07) is 6.09. The molecule has 1 N–H and O–H groups in total. The second-order valence-electron chi connectivity index (χ2n) is 4.19. The summed E-state index contributed by atoms with van der Waals surface area (Å²) in [6.07, 6.45) is 4.81. The summed E-state index contributed by atoms with van der Waals surface area (Å²) in [7, 11) is 0. The quantitative estimate of drug-likeness (QED) is 0.802. The van der Waals surface area contributed by atoms with Crippen molar-refractivity contribution in [3.8, 4) is 11.3 Å². The smallest absolute Gasteiger partial charge is 0.135 e. The lowest BCUT2D eigenvalue weighted by atomic mass is 10.2. The van der Waals surface area contributed by atoms with Crippen molar-refractivity contribution >= 4 is 0 Å². The van der Waals surface area contributed by atoms with Gasteiger partial charge in [0.05, 0.1) is 6.54 Å². The van der Waals surface area contributed by atoms with Gasteiger partial charge in [0.2, 0.25) is 0 Å². The van der Waals surface area contributed by atoms with Gasteiger partial charge >= 0.3 is 0 Å². The van der Waals surface area contributed by atoms with E-state index in [0.29, 0.717) is 0 Å². The zero-order valence-corrected chi connectivity index (χ0v) is 10.4. The van der Waals surface area contributed by atoms with Gasteiger partial charge in [-0.2, -0.15) is 0 Å². The fourth-order valence-electron chi connectivity index (χ4n) is 1.71. The van der Waals surface area contributed by atoms with Crippen molar-refractivity contribution in [1.82, 2.24) is 10.3 Å². The van der Waals surface area contributed by atoms with Crippen molar-refractivity contribution in [2.45, 2.75) is 26.8 Å². The van der Waals surface area contributed by atoms with Crippen LogP contribution in [0, 0.1) is 6.92 Å². The lowest BCUT2D eigenvalue weighted by Gasteiger charge is -2.00. The second kappa shape index (κ2) is 5.64. The Labute approximate surface area is 102 Å². The van der Waals surface area contributed by atoms with E-state index in [1.807, 2.05) is 31.5 Å². The monoisotopic (exact) mass is 230 g/mol. The summed E-state index contributed by atoms with van der Waals surface area (Å²) in [5, 5.41) is 3.32. The molecule has 0 radical (unpaired) electrons. The summed E-state index contributed by atoms with van der Waals surface area (Å²) >= 11 is 0. The molecular formula is C14H18N2O. The molecule has 0 aliphatic rings. The predicted molar refractivity (Wildman–Crippen MR) is 68.7 cm³/mol. The van der Waals surface area contributed by atoms with Crippen LogP contribution in [0.1, 0.15) is 24.7 Å². The van der Waals surface area contributed by atoms with Gasteiger partial charge in [-0.15, -0.1) is 0 Å². The van der Waals surface area contributed by atoms with Crippen LogP contribution in [-0.2, 0) is 6.54 Å². The minimum atomic E-state index is 0.785. The highest BCUT2D eigenvalue weighted by Gasteiger charge is 2.04. The summed E-state index contributed by atoms with van der Waals surface area (Å²) in [5.41, 5.74) is 2.18. The number of nitrogens with one attached hydrogen (secondary N) is 1. The highest BCUT2D eigenvalue weighted by atomic mass is 16.3. The molecule has 0 unspecified atom stereocenters. The van der Waals surface area contributed by atoms with Crippen LogP contribution in [0.4, 0.5) is 0 Å². The van der Waals surface area contributed by atoms with E-state index >= 15 is 0 Å². The zero-order chi connectivity index (χ0) is 12.1. The second-order valence-corrected chi connectivity index (χ2v) is 4.19.